The molecule has 0 unspecified atom stereocenters. The summed E-state index contributed by atoms with van der Waals surface area (Å²) in [6.45, 7) is 3.24. The molecule has 0 amide bonds. The van der Waals surface area contributed by atoms with Crippen LogP contribution in [-0.4, -0.2) is 30.4 Å². The first kappa shape index (κ1) is 24.9. The third kappa shape index (κ3) is 7.11. The Morgan fingerprint density at radius 2 is 1.66 bits per heavy atom. The average molecular weight is 449 g/mol. The molecule has 32 heavy (non-hydrogen) atoms. The summed E-state index contributed by atoms with van der Waals surface area (Å²) in [7, 11) is 1.30. The lowest BCUT2D eigenvalue weighted by Gasteiger charge is -2.23. The maximum absolute atomic E-state index is 12.6. The summed E-state index contributed by atoms with van der Waals surface area (Å²) in [6, 6.07) is 11.5. The van der Waals surface area contributed by atoms with Gasteiger partial charge in [-0.15, -0.1) is 0 Å². The van der Waals surface area contributed by atoms with Crippen LogP contribution in [0.3, 0.4) is 0 Å². The van der Waals surface area contributed by atoms with Crippen LogP contribution < -0.4 is 10.5 Å². The van der Waals surface area contributed by atoms with Gasteiger partial charge in [-0.2, -0.15) is 13.2 Å². The van der Waals surface area contributed by atoms with Crippen molar-refractivity contribution in [3.63, 3.8) is 0 Å². The molecule has 6 nitrogen and oxygen atoms in total. The van der Waals surface area contributed by atoms with Crippen LogP contribution in [0.2, 0.25) is 0 Å². The molecule has 0 radical (unpaired) electrons. The third-order valence-corrected chi connectivity index (χ3v) is 4.61. The molecular formula is C23H26F3N3O3. The van der Waals surface area contributed by atoms with E-state index in [4.69, 9.17) is 20.6 Å². The van der Waals surface area contributed by atoms with E-state index >= 15 is 0 Å². The lowest BCUT2D eigenvalue weighted by Crippen LogP contribution is -2.39. The number of benzene rings is 2. The van der Waals surface area contributed by atoms with Gasteiger partial charge >= 0.3 is 12.1 Å². The first-order valence-electron chi connectivity index (χ1n) is 9.88. The van der Waals surface area contributed by atoms with Crippen molar-refractivity contribution < 1.29 is 27.4 Å². The van der Waals surface area contributed by atoms with Crippen LogP contribution in [0.25, 0.3) is 0 Å². The molecule has 2 aromatic carbocycles. The van der Waals surface area contributed by atoms with Gasteiger partial charge in [0.1, 0.15) is 11.6 Å². The minimum atomic E-state index is -4.43. The van der Waals surface area contributed by atoms with Gasteiger partial charge in [-0.05, 0) is 56.5 Å². The molecule has 2 aromatic rings. The number of aryl methyl sites for hydroxylation is 1. The minimum absolute atomic E-state index is 0.189. The number of halogens is 3. The number of nitrogens with zero attached hydrogens (tertiary/aromatic N) is 1. The fourth-order valence-corrected chi connectivity index (χ4v) is 2.86. The zero-order chi connectivity index (χ0) is 23.9. The zero-order valence-electron chi connectivity index (χ0n) is 18.1. The van der Waals surface area contributed by atoms with Gasteiger partial charge in [0.25, 0.3) is 0 Å². The fraction of sp³-hybridized carbons (Fsp3) is 0.348. The summed E-state index contributed by atoms with van der Waals surface area (Å²) in [5.74, 6) is 0.106. The highest BCUT2D eigenvalue weighted by atomic mass is 19.4. The zero-order valence-corrected chi connectivity index (χ0v) is 18.1. The van der Waals surface area contributed by atoms with Crippen molar-refractivity contribution in [1.29, 1.82) is 5.41 Å². The van der Waals surface area contributed by atoms with Crippen LogP contribution in [-0.2, 0) is 22.1 Å². The average Bonchev–Trinajstić information content (AvgIpc) is 2.73. The number of carbonyl (C=O) groups excluding carboxylic acids is 1. The van der Waals surface area contributed by atoms with E-state index in [9.17, 15) is 18.0 Å². The Kier molecular flexibility index (Phi) is 8.02. The van der Waals surface area contributed by atoms with E-state index in [1.807, 2.05) is 12.1 Å². The molecule has 0 atom stereocenters. The first-order valence-corrected chi connectivity index (χ1v) is 9.88. The Morgan fingerprint density at radius 3 is 2.19 bits per heavy atom. The largest absolute Gasteiger partial charge is 0.476 e. The van der Waals surface area contributed by atoms with Crippen molar-refractivity contribution >= 4 is 17.6 Å². The monoisotopic (exact) mass is 449 g/mol. The van der Waals surface area contributed by atoms with E-state index in [0.29, 0.717) is 25.0 Å². The topological polar surface area (TPSA) is 97.8 Å². The maximum Gasteiger partial charge on any atom is 0.416 e. The Bertz CT molecular complexity index is 967. The van der Waals surface area contributed by atoms with Gasteiger partial charge in [0.05, 0.1) is 12.7 Å². The molecule has 0 aliphatic rings. The van der Waals surface area contributed by atoms with Gasteiger partial charge < -0.3 is 15.2 Å². The van der Waals surface area contributed by atoms with E-state index < -0.39 is 23.3 Å². The number of alkyl halides is 3. The molecule has 0 fully saturated rings. The summed E-state index contributed by atoms with van der Waals surface area (Å²) in [4.78, 5) is 15.7. The summed E-state index contributed by atoms with van der Waals surface area (Å²) in [5, 5.41) is 7.93. The van der Waals surface area contributed by atoms with Gasteiger partial charge in [-0.3, -0.25) is 5.41 Å². The highest BCUT2D eigenvalue weighted by Crippen LogP contribution is 2.29. The molecule has 9 heteroatoms. The number of hydrogen-bond donors (Lipinski definition) is 2. The number of methoxy groups -OCH3 is 1. The van der Waals surface area contributed by atoms with Crippen LogP contribution in [0.1, 0.15) is 43.4 Å². The molecule has 0 aliphatic carbocycles. The number of rotatable bonds is 8. The van der Waals surface area contributed by atoms with E-state index in [2.05, 4.69) is 4.99 Å². The quantitative estimate of drug-likeness (QED) is 0.346. The molecule has 0 spiro atoms. The van der Waals surface area contributed by atoms with Gasteiger partial charge in [0.15, 0.2) is 11.4 Å². The Morgan fingerprint density at radius 1 is 1.06 bits per heavy atom. The van der Waals surface area contributed by atoms with Crippen molar-refractivity contribution in [2.45, 2.75) is 44.9 Å². The second-order valence-corrected chi connectivity index (χ2v) is 7.63. The molecule has 0 saturated carbocycles. The molecule has 172 valence electrons. The Hall–Kier alpha value is -3.36. The highest BCUT2D eigenvalue weighted by Gasteiger charge is 2.31. The second kappa shape index (κ2) is 10.3. The summed E-state index contributed by atoms with van der Waals surface area (Å²) in [5.41, 5.74) is 5.28. The van der Waals surface area contributed by atoms with E-state index in [1.54, 1.807) is 26.0 Å². The van der Waals surface area contributed by atoms with E-state index in [-0.39, 0.29) is 17.2 Å². The highest BCUT2D eigenvalue weighted by molar-refractivity contribution is 6.04. The van der Waals surface area contributed by atoms with Gasteiger partial charge in [-0.25, -0.2) is 9.79 Å². The van der Waals surface area contributed by atoms with Crippen LogP contribution in [0.15, 0.2) is 53.5 Å². The molecule has 0 aliphatic heterocycles. The molecular weight excluding hydrogens is 423 g/mol. The molecule has 0 saturated heterocycles. The molecule has 0 aromatic heterocycles. The third-order valence-electron chi connectivity index (χ3n) is 4.61. The normalized spacial score (nSPS) is 12.4. The number of nitrogens with one attached hydrogen (secondary N) is 1. The van der Waals surface area contributed by atoms with Crippen LogP contribution in [0.5, 0.6) is 5.75 Å². The van der Waals surface area contributed by atoms with Crippen molar-refractivity contribution in [2.75, 3.05) is 7.11 Å². The smallest absolute Gasteiger partial charge is 0.416 e. The van der Waals surface area contributed by atoms with Crippen molar-refractivity contribution in [3.8, 4) is 5.75 Å². The minimum Gasteiger partial charge on any atom is -0.476 e. The lowest BCUT2D eigenvalue weighted by atomic mass is 10.1. The predicted molar refractivity (Wildman–Crippen MR) is 116 cm³/mol. The predicted octanol–water partition coefficient (Wildman–Crippen LogP) is 4.74. The molecule has 0 heterocycles. The Labute approximate surface area is 184 Å². The lowest BCUT2D eigenvalue weighted by molar-refractivity contribution is -0.156. The van der Waals surface area contributed by atoms with Crippen molar-refractivity contribution in [2.24, 2.45) is 10.7 Å². The van der Waals surface area contributed by atoms with Crippen LogP contribution in [0.4, 0.5) is 13.2 Å². The van der Waals surface area contributed by atoms with E-state index in [0.717, 1.165) is 17.7 Å². The number of aliphatic imine (C=N–C) groups is 1. The van der Waals surface area contributed by atoms with Crippen molar-refractivity contribution in [1.82, 2.24) is 0 Å². The summed E-state index contributed by atoms with van der Waals surface area (Å²) >= 11 is 0. The number of nitrogens with two attached hydrogens (primary N) is 1. The fourth-order valence-electron chi connectivity index (χ4n) is 2.86. The van der Waals surface area contributed by atoms with Crippen LogP contribution in [0, 0.1) is 5.41 Å². The molecule has 3 N–H and O–H groups in total. The number of ether oxygens (including phenoxy) is 2. The first-order chi connectivity index (χ1) is 14.9. The van der Waals surface area contributed by atoms with Crippen LogP contribution >= 0.6 is 0 Å². The molecule has 2 rings (SSSR count). The maximum atomic E-state index is 12.6. The van der Waals surface area contributed by atoms with Gasteiger partial charge in [-0.1, -0.05) is 24.3 Å². The summed E-state index contributed by atoms with van der Waals surface area (Å²) < 4.78 is 48.3. The van der Waals surface area contributed by atoms with Crippen molar-refractivity contribution in [3.05, 3.63) is 65.2 Å². The van der Waals surface area contributed by atoms with Gasteiger partial charge in [0.2, 0.25) is 0 Å². The number of carbonyl (C=O) groups is 1. The number of esters is 1. The standard InChI is InChI=1S/C23H26F3N3O3/c1-22(2,21(30)31-3)32-18-13-7-15(8-14-18)5-4-6-19(27)29-20(28)16-9-11-17(12-10-16)23(24,25)26/h7-14H,4-6H2,1-3H3,(H3,27,28,29). The number of amidine groups is 2. The summed E-state index contributed by atoms with van der Waals surface area (Å²) in [6.07, 6.45) is -2.63. The van der Waals surface area contributed by atoms with Gasteiger partial charge in [0, 0.05) is 12.0 Å². The Balaban J connectivity index is 1.86. The number of hydrogen-bond acceptors (Lipinski definition) is 4. The SMILES string of the molecule is COC(=O)C(C)(C)Oc1ccc(CCCC(N)=NC(=N)c2ccc(C(F)(F)F)cc2)cc1. The van der Waals surface area contributed by atoms with E-state index in [1.165, 1.54) is 19.2 Å². The second-order valence-electron chi connectivity index (χ2n) is 7.63. The molecule has 0 bridgehead atoms.